The summed E-state index contributed by atoms with van der Waals surface area (Å²) in [4.78, 5) is 23.5. The Balaban J connectivity index is 2.42. The van der Waals surface area contributed by atoms with E-state index in [9.17, 15) is 9.59 Å². The maximum atomic E-state index is 12.4. The summed E-state index contributed by atoms with van der Waals surface area (Å²) in [5.41, 5.74) is 1.68. The molecular weight excluding hydrogens is 238 g/mol. The molecule has 0 aromatic heterocycles. The highest BCUT2D eigenvalue weighted by molar-refractivity contribution is 6.05. The Kier molecular flexibility index (Phi) is 3.38. The summed E-state index contributed by atoms with van der Waals surface area (Å²) in [7, 11) is 0. The van der Waals surface area contributed by atoms with Crippen LogP contribution in [0.25, 0.3) is 0 Å². The lowest BCUT2D eigenvalue weighted by atomic mass is 9.74. The van der Waals surface area contributed by atoms with Crippen LogP contribution in [-0.2, 0) is 15.0 Å². The van der Waals surface area contributed by atoms with Crippen molar-refractivity contribution < 1.29 is 9.59 Å². The van der Waals surface area contributed by atoms with E-state index < -0.39 is 5.41 Å². The van der Waals surface area contributed by atoms with Crippen LogP contribution in [0.4, 0.5) is 5.69 Å². The number of benzene rings is 1. The Morgan fingerprint density at radius 3 is 2.74 bits per heavy atom. The van der Waals surface area contributed by atoms with E-state index in [-0.39, 0.29) is 11.7 Å². The van der Waals surface area contributed by atoms with E-state index in [1.165, 1.54) is 6.92 Å². The van der Waals surface area contributed by atoms with Gasteiger partial charge in [0.1, 0.15) is 0 Å². The van der Waals surface area contributed by atoms with E-state index in [0.29, 0.717) is 5.69 Å². The molecule has 0 heterocycles. The van der Waals surface area contributed by atoms with Crippen LogP contribution in [0, 0.1) is 0 Å². The largest absolute Gasteiger partial charge is 0.326 e. The van der Waals surface area contributed by atoms with Crippen LogP contribution >= 0.6 is 0 Å². The van der Waals surface area contributed by atoms with Crippen molar-refractivity contribution >= 4 is 17.4 Å². The summed E-state index contributed by atoms with van der Waals surface area (Å²) in [5.74, 6) is -0.0288. The van der Waals surface area contributed by atoms with Gasteiger partial charge < -0.3 is 5.32 Å². The fourth-order valence-electron chi connectivity index (χ4n) is 2.30. The van der Waals surface area contributed by atoms with E-state index in [0.717, 1.165) is 11.1 Å². The molecule has 1 unspecified atom stereocenters. The topological polar surface area (TPSA) is 46.2 Å². The molecule has 0 fully saturated rings. The molecule has 1 aromatic rings. The molecule has 0 spiro atoms. The van der Waals surface area contributed by atoms with Crippen molar-refractivity contribution in [3.05, 3.63) is 53.6 Å². The van der Waals surface area contributed by atoms with Gasteiger partial charge in [-0.05, 0) is 37.1 Å². The van der Waals surface area contributed by atoms with E-state index in [2.05, 4.69) is 5.32 Å². The van der Waals surface area contributed by atoms with Crippen molar-refractivity contribution in [2.45, 2.75) is 26.2 Å². The van der Waals surface area contributed by atoms with Gasteiger partial charge in [0.15, 0.2) is 5.78 Å². The molecular formula is C16H17NO2. The third-order valence-corrected chi connectivity index (χ3v) is 3.39. The lowest BCUT2D eigenvalue weighted by molar-refractivity contribution is -0.119. The average molecular weight is 255 g/mol. The van der Waals surface area contributed by atoms with Crippen molar-refractivity contribution in [3.8, 4) is 0 Å². The number of nitrogens with one attached hydrogen (secondary N) is 1. The van der Waals surface area contributed by atoms with Crippen LogP contribution < -0.4 is 5.32 Å². The first-order valence-electron chi connectivity index (χ1n) is 6.22. The van der Waals surface area contributed by atoms with Crippen LogP contribution in [0.1, 0.15) is 26.3 Å². The van der Waals surface area contributed by atoms with E-state index >= 15 is 0 Å². The number of rotatable bonds is 2. The molecule has 1 N–H and O–H groups in total. The zero-order valence-electron chi connectivity index (χ0n) is 11.4. The molecule has 2 rings (SSSR count). The molecule has 3 nitrogen and oxygen atoms in total. The lowest BCUT2D eigenvalue weighted by Crippen LogP contribution is -2.32. The molecule has 0 bridgehead atoms. The first kappa shape index (κ1) is 13.3. The standard InChI is InChI=1S/C16H17NO2/c1-11-6-5-9-16(3,15(11)19)13-7-4-8-14(10-13)17-12(2)18/h4-10H,1-3H3,(H,17,18). The molecule has 0 saturated heterocycles. The quantitative estimate of drug-likeness (QED) is 0.883. The molecule has 98 valence electrons. The molecule has 1 aromatic carbocycles. The predicted molar refractivity (Wildman–Crippen MR) is 76.0 cm³/mol. The second-order valence-corrected chi connectivity index (χ2v) is 5.00. The van der Waals surface area contributed by atoms with Gasteiger partial charge in [-0.1, -0.05) is 30.4 Å². The molecule has 0 aliphatic heterocycles. The number of allylic oxidation sites excluding steroid dienone is 4. The summed E-state index contributed by atoms with van der Waals surface area (Å²) in [6, 6.07) is 7.42. The number of amides is 1. The average Bonchev–Trinajstić information content (AvgIpc) is 2.35. The van der Waals surface area contributed by atoms with Gasteiger partial charge >= 0.3 is 0 Å². The van der Waals surface area contributed by atoms with E-state index in [4.69, 9.17) is 0 Å². The Morgan fingerprint density at radius 1 is 1.32 bits per heavy atom. The Labute approximate surface area is 113 Å². The molecule has 3 heteroatoms. The van der Waals surface area contributed by atoms with Gasteiger partial charge in [0.05, 0.1) is 5.41 Å². The Morgan fingerprint density at radius 2 is 2.05 bits per heavy atom. The van der Waals surface area contributed by atoms with Crippen molar-refractivity contribution in [1.82, 2.24) is 0 Å². The van der Waals surface area contributed by atoms with Gasteiger partial charge in [0.25, 0.3) is 0 Å². The van der Waals surface area contributed by atoms with Crippen LogP contribution in [0.5, 0.6) is 0 Å². The fraction of sp³-hybridized carbons (Fsp3) is 0.250. The van der Waals surface area contributed by atoms with E-state index in [1.807, 2.05) is 56.3 Å². The van der Waals surface area contributed by atoms with Gasteiger partial charge in [-0.3, -0.25) is 9.59 Å². The molecule has 1 amide bonds. The number of anilines is 1. The number of carbonyl (C=O) groups is 2. The second kappa shape index (κ2) is 4.84. The number of ketones is 1. The first-order chi connectivity index (χ1) is 8.93. The normalized spacial score (nSPS) is 22.1. The van der Waals surface area contributed by atoms with E-state index in [1.54, 1.807) is 0 Å². The van der Waals surface area contributed by atoms with Crippen molar-refractivity contribution in [3.63, 3.8) is 0 Å². The highest BCUT2D eigenvalue weighted by atomic mass is 16.1. The molecule has 0 radical (unpaired) electrons. The first-order valence-corrected chi connectivity index (χ1v) is 6.22. The van der Waals surface area contributed by atoms with Gasteiger partial charge in [-0.2, -0.15) is 0 Å². The zero-order valence-corrected chi connectivity index (χ0v) is 11.4. The third-order valence-electron chi connectivity index (χ3n) is 3.39. The highest BCUT2D eigenvalue weighted by Crippen LogP contribution is 2.33. The van der Waals surface area contributed by atoms with Gasteiger partial charge in [0.2, 0.25) is 5.91 Å². The lowest BCUT2D eigenvalue weighted by Gasteiger charge is -2.28. The van der Waals surface area contributed by atoms with Gasteiger partial charge in [-0.25, -0.2) is 0 Å². The van der Waals surface area contributed by atoms with Crippen LogP contribution in [0.15, 0.2) is 48.1 Å². The minimum Gasteiger partial charge on any atom is -0.326 e. The molecule has 19 heavy (non-hydrogen) atoms. The number of Topliss-reactive ketones (excluding diaryl/α,β-unsaturated/α-hetero) is 1. The summed E-state index contributed by atoms with van der Waals surface area (Å²) < 4.78 is 0. The van der Waals surface area contributed by atoms with Crippen LogP contribution in [-0.4, -0.2) is 11.7 Å². The maximum absolute atomic E-state index is 12.4. The third kappa shape index (κ3) is 2.50. The predicted octanol–water partition coefficient (Wildman–Crippen LogP) is 2.99. The number of hydrogen-bond donors (Lipinski definition) is 1. The minimum atomic E-state index is -0.659. The molecule has 1 aliphatic carbocycles. The summed E-state index contributed by atoms with van der Waals surface area (Å²) in [6.45, 7) is 5.18. The SMILES string of the molecule is CC(=O)Nc1cccc(C2(C)C=CC=C(C)C2=O)c1. The summed E-state index contributed by atoms with van der Waals surface area (Å²) in [6.07, 6.45) is 5.62. The van der Waals surface area contributed by atoms with Crippen molar-refractivity contribution in [2.75, 3.05) is 5.32 Å². The fourth-order valence-corrected chi connectivity index (χ4v) is 2.30. The molecule has 1 aliphatic rings. The van der Waals surface area contributed by atoms with Gasteiger partial charge in [-0.15, -0.1) is 0 Å². The number of carbonyl (C=O) groups excluding carboxylic acids is 2. The van der Waals surface area contributed by atoms with Crippen LogP contribution in [0.3, 0.4) is 0 Å². The van der Waals surface area contributed by atoms with Crippen LogP contribution in [0.2, 0.25) is 0 Å². The number of hydrogen-bond acceptors (Lipinski definition) is 2. The van der Waals surface area contributed by atoms with Gasteiger partial charge in [0, 0.05) is 12.6 Å². The monoisotopic (exact) mass is 255 g/mol. The smallest absolute Gasteiger partial charge is 0.221 e. The highest BCUT2D eigenvalue weighted by Gasteiger charge is 2.34. The Hall–Kier alpha value is -2.16. The molecule has 0 saturated carbocycles. The van der Waals surface area contributed by atoms with Crippen molar-refractivity contribution in [2.24, 2.45) is 0 Å². The maximum Gasteiger partial charge on any atom is 0.221 e. The molecule has 1 atom stereocenters. The summed E-state index contributed by atoms with van der Waals surface area (Å²) in [5, 5.41) is 2.74. The zero-order chi connectivity index (χ0) is 14.0. The van der Waals surface area contributed by atoms with Crippen molar-refractivity contribution in [1.29, 1.82) is 0 Å². The minimum absolute atomic E-state index is 0.0926. The Bertz CT molecular complexity index is 599. The summed E-state index contributed by atoms with van der Waals surface area (Å²) >= 11 is 0. The second-order valence-electron chi connectivity index (χ2n) is 5.00.